The summed E-state index contributed by atoms with van der Waals surface area (Å²) in [6.07, 6.45) is 0.342. The lowest BCUT2D eigenvalue weighted by atomic mass is 10.0. The van der Waals surface area contributed by atoms with Crippen LogP contribution in [-0.4, -0.2) is 10.7 Å². The van der Waals surface area contributed by atoms with Gasteiger partial charge in [-0.15, -0.1) is 11.3 Å². The van der Waals surface area contributed by atoms with Gasteiger partial charge in [0.15, 0.2) is 5.78 Å². The summed E-state index contributed by atoms with van der Waals surface area (Å²) in [7, 11) is 0. The third-order valence-electron chi connectivity index (χ3n) is 2.63. The Kier molecular flexibility index (Phi) is 3.53. The van der Waals surface area contributed by atoms with Gasteiger partial charge in [0.1, 0.15) is 0 Å². The molecule has 0 N–H and O–H groups in total. The smallest absolute Gasteiger partial charge is 0.272 e. The Hall–Kier alpha value is -2.01. The second-order valence-electron chi connectivity index (χ2n) is 3.94. The molecule has 0 spiro atoms. The average molecular weight is 261 g/mol. The lowest BCUT2D eigenvalue weighted by molar-refractivity contribution is -0.385. The number of thiophene rings is 1. The maximum absolute atomic E-state index is 12.0. The number of rotatable bonds is 4. The maximum Gasteiger partial charge on any atom is 0.272 e. The van der Waals surface area contributed by atoms with Crippen LogP contribution in [0.3, 0.4) is 0 Å². The zero-order chi connectivity index (χ0) is 13.1. The Labute approximate surface area is 108 Å². The molecule has 0 atom stereocenters. The third-order valence-corrected chi connectivity index (χ3v) is 3.51. The molecule has 4 nitrogen and oxygen atoms in total. The normalized spacial score (nSPS) is 10.3. The van der Waals surface area contributed by atoms with E-state index in [1.807, 2.05) is 17.5 Å². The largest absolute Gasteiger partial charge is 0.294 e. The standard InChI is InChI=1S/C13H11NO3S/c1-9-7-10(4-5-12(9)14(16)17)13(15)8-11-3-2-6-18-11/h2-7H,8H2,1H3. The summed E-state index contributed by atoms with van der Waals surface area (Å²) in [6.45, 7) is 1.64. The van der Waals surface area contributed by atoms with Crippen LogP contribution in [0.15, 0.2) is 35.7 Å². The molecular formula is C13H11NO3S. The number of aryl methyl sites for hydroxylation is 1. The molecule has 2 aromatic rings. The Bertz CT molecular complexity index is 590. The first-order chi connectivity index (χ1) is 8.58. The number of nitrogens with zero attached hydrogens (tertiary/aromatic N) is 1. The molecular weight excluding hydrogens is 250 g/mol. The van der Waals surface area contributed by atoms with Crippen molar-refractivity contribution in [2.24, 2.45) is 0 Å². The highest BCUT2D eigenvalue weighted by molar-refractivity contribution is 7.10. The lowest BCUT2D eigenvalue weighted by Crippen LogP contribution is -2.03. The zero-order valence-electron chi connectivity index (χ0n) is 9.75. The zero-order valence-corrected chi connectivity index (χ0v) is 10.6. The van der Waals surface area contributed by atoms with Crippen molar-refractivity contribution in [3.8, 4) is 0 Å². The van der Waals surface area contributed by atoms with E-state index in [0.29, 0.717) is 17.5 Å². The van der Waals surface area contributed by atoms with Crippen LogP contribution < -0.4 is 0 Å². The Morgan fingerprint density at radius 2 is 2.17 bits per heavy atom. The monoisotopic (exact) mass is 261 g/mol. The number of hydrogen-bond donors (Lipinski definition) is 0. The van der Waals surface area contributed by atoms with E-state index < -0.39 is 4.92 Å². The van der Waals surface area contributed by atoms with Crippen LogP contribution in [0, 0.1) is 17.0 Å². The van der Waals surface area contributed by atoms with E-state index in [2.05, 4.69) is 0 Å². The first-order valence-electron chi connectivity index (χ1n) is 5.38. The topological polar surface area (TPSA) is 60.2 Å². The van der Waals surface area contributed by atoms with Crippen molar-refractivity contribution >= 4 is 22.8 Å². The predicted molar refractivity (Wildman–Crippen MR) is 70.2 cm³/mol. The van der Waals surface area contributed by atoms with E-state index in [-0.39, 0.29) is 11.5 Å². The Balaban J connectivity index is 2.21. The highest BCUT2D eigenvalue weighted by Crippen LogP contribution is 2.20. The first-order valence-corrected chi connectivity index (χ1v) is 6.26. The van der Waals surface area contributed by atoms with Gasteiger partial charge >= 0.3 is 0 Å². The molecule has 0 aliphatic heterocycles. The van der Waals surface area contributed by atoms with Gasteiger partial charge in [-0.2, -0.15) is 0 Å². The van der Waals surface area contributed by atoms with E-state index >= 15 is 0 Å². The predicted octanol–water partition coefficient (Wildman–Crippen LogP) is 3.39. The molecule has 2 rings (SSSR count). The van der Waals surface area contributed by atoms with E-state index in [4.69, 9.17) is 0 Å². The van der Waals surface area contributed by atoms with Gasteiger partial charge in [-0.25, -0.2) is 0 Å². The molecule has 0 radical (unpaired) electrons. The molecule has 1 aromatic carbocycles. The number of hydrogen-bond acceptors (Lipinski definition) is 4. The van der Waals surface area contributed by atoms with E-state index in [9.17, 15) is 14.9 Å². The van der Waals surface area contributed by atoms with Gasteiger partial charge in [0.05, 0.1) is 4.92 Å². The summed E-state index contributed by atoms with van der Waals surface area (Å²) in [5, 5.41) is 12.6. The second kappa shape index (κ2) is 5.10. The SMILES string of the molecule is Cc1cc(C(=O)Cc2cccs2)ccc1[N+](=O)[O-]. The Morgan fingerprint density at radius 3 is 2.72 bits per heavy atom. The van der Waals surface area contributed by atoms with Crippen molar-refractivity contribution in [1.82, 2.24) is 0 Å². The summed E-state index contributed by atoms with van der Waals surface area (Å²) in [6, 6.07) is 8.28. The number of ketones is 1. The molecule has 0 aliphatic rings. The van der Waals surface area contributed by atoms with Crippen LogP contribution >= 0.6 is 11.3 Å². The highest BCUT2D eigenvalue weighted by atomic mass is 32.1. The Morgan fingerprint density at radius 1 is 1.39 bits per heavy atom. The van der Waals surface area contributed by atoms with Crippen molar-refractivity contribution in [2.75, 3.05) is 0 Å². The van der Waals surface area contributed by atoms with E-state index in [0.717, 1.165) is 4.88 Å². The minimum Gasteiger partial charge on any atom is -0.294 e. The van der Waals surface area contributed by atoms with Gasteiger partial charge in [0.2, 0.25) is 0 Å². The molecule has 1 heterocycles. The highest BCUT2D eigenvalue weighted by Gasteiger charge is 2.14. The molecule has 92 valence electrons. The van der Waals surface area contributed by atoms with Gasteiger partial charge in [0, 0.05) is 28.5 Å². The fourth-order valence-electron chi connectivity index (χ4n) is 1.71. The van der Waals surface area contributed by atoms with E-state index in [1.54, 1.807) is 13.0 Å². The minimum absolute atomic E-state index is 0.0181. The van der Waals surface area contributed by atoms with Crippen LogP contribution in [0.1, 0.15) is 20.8 Å². The van der Waals surface area contributed by atoms with Gasteiger partial charge in [-0.05, 0) is 30.5 Å². The summed E-state index contributed by atoms with van der Waals surface area (Å²) in [5.41, 5.74) is 1.08. The third kappa shape index (κ3) is 2.62. The molecule has 0 aliphatic carbocycles. The fourth-order valence-corrected chi connectivity index (χ4v) is 2.41. The molecule has 18 heavy (non-hydrogen) atoms. The van der Waals surface area contributed by atoms with Crippen molar-refractivity contribution in [3.05, 3.63) is 61.8 Å². The molecule has 0 unspecified atom stereocenters. The fraction of sp³-hybridized carbons (Fsp3) is 0.154. The number of nitro benzene ring substituents is 1. The number of carbonyl (C=O) groups is 1. The van der Waals surface area contributed by atoms with Gasteiger partial charge in [0.25, 0.3) is 5.69 Å². The first kappa shape index (κ1) is 12.4. The summed E-state index contributed by atoms with van der Waals surface area (Å²) in [4.78, 5) is 23.2. The van der Waals surface area contributed by atoms with Gasteiger partial charge in [-0.1, -0.05) is 6.07 Å². The second-order valence-corrected chi connectivity index (χ2v) is 4.97. The number of carbonyl (C=O) groups excluding carboxylic acids is 1. The molecule has 0 saturated carbocycles. The molecule has 0 fully saturated rings. The number of nitro groups is 1. The molecule has 0 bridgehead atoms. The van der Waals surface area contributed by atoms with Gasteiger partial charge in [-0.3, -0.25) is 14.9 Å². The molecule has 0 saturated heterocycles. The summed E-state index contributed by atoms with van der Waals surface area (Å²) < 4.78 is 0. The average Bonchev–Trinajstić information content (AvgIpc) is 2.81. The lowest BCUT2D eigenvalue weighted by Gasteiger charge is -2.02. The summed E-state index contributed by atoms with van der Waals surface area (Å²) in [5.74, 6) is -0.0181. The maximum atomic E-state index is 12.0. The number of Topliss-reactive ketones (excluding diaryl/α,β-unsaturated/α-hetero) is 1. The van der Waals surface area contributed by atoms with Crippen LogP contribution in [0.4, 0.5) is 5.69 Å². The van der Waals surface area contributed by atoms with Gasteiger partial charge < -0.3 is 0 Å². The number of benzene rings is 1. The van der Waals surface area contributed by atoms with Crippen LogP contribution in [-0.2, 0) is 6.42 Å². The van der Waals surface area contributed by atoms with Crippen molar-refractivity contribution in [3.63, 3.8) is 0 Å². The quantitative estimate of drug-likeness (QED) is 0.481. The van der Waals surface area contributed by atoms with Crippen LogP contribution in [0.5, 0.6) is 0 Å². The van der Waals surface area contributed by atoms with Crippen molar-refractivity contribution in [1.29, 1.82) is 0 Å². The van der Waals surface area contributed by atoms with Crippen molar-refractivity contribution in [2.45, 2.75) is 13.3 Å². The van der Waals surface area contributed by atoms with E-state index in [1.165, 1.54) is 23.5 Å². The molecule has 0 amide bonds. The summed E-state index contributed by atoms with van der Waals surface area (Å²) >= 11 is 1.53. The van der Waals surface area contributed by atoms with Crippen molar-refractivity contribution < 1.29 is 9.72 Å². The van der Waals surface area contributed by atoms with Crippen LogP contribution in [0.25, 0.3) is 0 Å². The minimum atomic E-state index is -0.442. The van der Waals surface area contributed by atoms with Crippen LogP contribution in [0.2, 0.25) is 0 Å². The molecule has 5 heteroatoms. The molecule has 1 aromatic heterocycles.